The van der Waals surface area contributed by atoms with Crippen molar-refractivity contribution >= 4 is 29.6 Å². The number of carboxylic acids is 1. The molecule has 0 aliphatic carbocycles. The van der Waals surface area contributed by atoms with Crippen molar-refractivity contribution in [2.24, 2.45) is 5.92 Å². The summed E-state index contributed by atoms with van der Waals surface area (Å²) in [7, 11) is 0. The second-order valence-corrected chi connectivity index (χ2v) is 10.6. The molecule has 0 bridgehead atoms. The number of nitrogens with one attached hydrogen (secondary N) is 4. The highest BCUT2D eigenvalue weighted by atomic mass is 16.5. The number of rotatable bonds is 21. The van der Waals surface area contributed by atoms with Crippen molar-refractivity contribution in [2.75, 3.05) is 33.0 Å². The van der Waals surface area contributed by atoms with E-state index in [2.05, 4.69) is 31.6 Å². The van der Waals surface area contributed by atoms with Crippen LogP contribution < -0.4 is 21.3 Å². The number of ether oxygens (including phenoxy) is 2. The summed E-state index contributed by atoms with van der Waals surface area (Å²) in [6.45, 7) is 6.31. The molecule has 0 radical (unpaired) electrons. The van der Waals surface area contributed by atoms with Gasteiger partial charge in [-0.15, -0.1) is 5.10 Å². The molecule has 0 unspecified atom stereocenters. The lowest BCUT2D eigenvalue weighted by Crippen LogP contribution is -2.57. The first-order chi connectivity index (χ1) is 21.8. The van der Waals surface area contributed by atoms with E-state index >= 15 is 0 Å². The maximum absolute atomic E-state index is 13.3. The summed E-state index contributed by atoms with van der Waals surface area (Å²) in [6, 6.07) is 2.49. The predicted molar refractivity (Wildman–Crippen MR) is 160 cm³/mol. The largest absolute Gasteiger partial charge is 0.508 e. The van der Waals surface area contributed by atoms with Crippen molar-refractivity contribution in [3.63, 3.8) is 0 Å². The Morgan fingerprint density at radius 2 is 1.56 bits per heavy atom. The molecule has 45 heavy (non-hydrogen) atoms. The van der Waals surface area contributed by atoms with Crippen LogP contribution in [0.15, 0.2) is 36.6 Å². The molecule has 16 nitrogen and oxygen atoms in total. The number of amides is 4. The minimum absolute atomic E-state index is 0.0386. The molecule has 0 saturated heterocycles. The Kier molecular flexibility index (Phi) is 15.3. The number of carboxylic acid groups (broad SMARTS) is 1. The van der Waals surface area contributed by atoms with Crippen LogP contribution in [0.4, 0.5) is 0 Å². The van der Waals surface area contributed by atoms with Crippen LogP contribution in [0.5, 0.6) is 5.75 Å². The second kappa shape index (κ2) is 19.7. The molecular weight excluding hydrogens is 590 g/mol. The standard InChI is InChI=1S/C29H43N7O9/c1-19(2)16-23(33-29(43)24(32-20(3)37)17-21-4-6-22(38)7-5-21)28(42)34-25(18-26(39)40)27(41)30-9-12-44-14-15-45-13-11-36-10-8-31-35-36/h4-8,10,19,23-25,38H,9,11-18H2,1-3H3,(H,30,41)(H,32,37)(H,33,43)(H,34,42)(H,39,40)/t23-,24+,25+/m1/s1/i8T. The molecule has 1 aromatic heterocycles. The van der Waals surface area contributed by atoms with Gasteiger partial charge in [0.2, 0.25) is 23.6 Å². The average molecular weight is 636 g/mol. The number of aliphatic carboxylic acids is 1. The minimum atomic E-state index is -1.43. The van der Waals surface area contributed by atoms with Gasteiger partial charge in [0.25, 0.3) is 0 Å². The molecule has 0 fully saturated rings. The van der Waals surface area contributed by atoms with Gasteiger partial charge in [-0.25, -0.2) is 0 Å². The van der Waals surface area contributed by atoms with Gasteiger partial charge in [0, 0.05) is 26.1 Å². The highest BCUT2D eigenvalue weighted by molar-refractivity contribution is 5.95. The minimum Gasteiger partial charge on any atom is -0.508 e. The number of hydrogen-bond donors (Lipinski definition) is 6. The number of carbonyl (C=O) groups is 5. The van der Waals surface area contributed by atoms with E-state index in [0.717, 1.165) is 0 Å². The number of phenols is 1. The van der Waals surface area contributed by atoms with Gasteiger partial charge >= 0.3 is 5.97 Å². The van der Waals surface area contributed by atoms with Crippen LogP contribution in [0, 0.1) is 5.92 Å². The SMILES string of the molecule is [3H]c1cn(CCOCCOCCNC(=O)[C@H](CC(=O)O)NC(=O)[C@@H](CC(C)C)NC(=O)[C@H](Cc2ccc(O)cc2)NC(C)=O)nn1. The van der Waals surface area contributed by atoms with E-state index < -0.39 is 54.1 Å². The van der Waals surface area contributed by atoms with Crippen LogP contribution in [-0.4, -0.2) is 106 Å². The fourth-order valence-corrected chi connectivity index (χ4v) is 4.11. The number of carbonyl (C=O) groups excluding carboxylic acids is 4. The zero-order valence-corrected chi connectivity index (χ0v) is 25.7. The first-order valence-corrected chi connectivity index (χ1v) is 14.5. The van der Waals surface area contributed by atoms with Crippen LogP contribution in [-0.2, 0) is 46.4 Å². The molecule has 1 aromatic carbocycles. The highest BCUT2D eigenvalue weighted by Gasteiger charge is 2.31. The maximum Gasteiger partial charge on any atom is 0.305 e. The van der Waals surface area contributed by atoms with Crippen LogP contribution in [0.1, 0.15) is 40.5 Å². The Morgan fingerprint density at radius 3 is 2.16 bits per heavy atom. The number of phenolic OH excluding ortho intramolecular Hbond substituents is 1. The van der Waals surface area contributed by atoms with Gasteiger partial charge in [-0.3, -0.25) is 28.7 Å². The van der Waals surface area contributed by atoms with Gasteiger partial charge in [0.15, 0.2) is 0 Å². The summed E-state index contributed by atoms with van der Waals surface area (Å²) in [4.78, 5) is 62.6. The first kappa shape index (κ1) is 34.9. The van der Waals surface area contributed by atoms with Crippen molar-refractivity contribution in [1.82, 2.24) is 36.3 Å². The Hall–Kier alpha value is -4.57. The molecule has 0 spiro atoms. The summed E-state index contributed by atoms with van der Waals surface area (Å²) in [6.07, 6.45) is 1.08. The van der Waals surface area contributed by atoms with Gasteiger partial charge in [0.05, 0.1) is 46.9 Å². The van der Waals surface area contributed by atoms with Crippen molar-refractivity contribution < 1.29 is 45.0 Å². The van der Waals surface area contributed by atoms with E-state index in [-0.39, 0.29) is 57.0 Å². The number of benzene rings is 1. The summed E-state index contributed by atoms with van der Waals surface area (Å²) in [5, 5.41) is 36.4. The van der Waals surface area contributed by atoms with E-state index in [1.165, 1.54) is 29.9 Å². The third-order valence-electron chi connectivity index (χ3n) is 6.23. The molecule has 0 saturated carbocycles. The molecule has 3 atom stereocenters. The van der Waals surface area contributed by atoms with Crippen LogP contribution >= 0.6 is 0 Å². The Morgan fingerprint density at radius 1 is 0.911 bits per heavy atom. The van der Waals surface area contributed by atoms with E-state index in [4.69, 9.17) is 10.8 Å². The zero-order chi connectivity index (χ0) is 34.1. The molecule has 2 rings (SSSR count). The van der Waals surface area contributed by atoms with Crippen molar-refractivity contribution in [2.45, 2.75) is 64.7 Å². The average Bonchev–Trinajstić information content (AvgIpc) is 3.40. The van der Waals surface area contributed by atoms with E-state index in [9.17, 15) is 34.2 Å². The molecule has 6 N–H and O–H groups in total. The molecule has 1 heterocycles. The maximum atomic E-state index is 13.3. The number of hydrogen-bond acceptors (Lipinski definition) is 10. The van der Waals surface area contributed by atoms with Crippen LogP contribution in [0.2, 0.25) is 0 Å². The summed E-state index contributed by atoms with van der Waals surface area (Å²) < 4.78 is 19.6. The fourth-order valence-electron chi connectivity index (χ4n) is 4.11. The Bertz CT molecular complexity index is 1290. The van der Waals surface area contributed by atoms with Crippen LogP contribution in [0.3, 0.4) is 0 Å². The molecule has 248 valence electrons. The zero-order valence-electron chi connectivity index (χ0n) is 26.7. The second-order valence-electron chi connectivity index (χ2n) is 10.6. The van der Waals surface area contributed by atoms with Crippen LogP contribution in [0.25, 0.3) is 0 Å². The molecule has 2 aromatic rings. The van der Waals surface area contributed by atoms with Crippen molar-refractivity contribution in [3.8, 4) is 5.75 Å². The molecular formula is C29H43N7O9. The van der Waals surface area contributed by atoms with Crippen molar-refractivity contribution in [1.29, 1.82) is 0 Å². The molecule has 0 aliphatic heterocycles. The van der Waals surface area contributed by atoms with E-state index in [1.807, 2.05) is 13.8 Å². The topological polar surface area (TPSA) is 223 Å². The van der Waals surface area contributed by atoms with E-state index in [0.29, 0.717) is 18.7 Å². The number of aromatic nitrogens is 3. The number of aromatic hydroxyl groups is 1. The number of nitrogens with zero attached hydrogens (tertiary/aromatic N) is 3. The normalized spacial score (nSPS) is 13.3. The monoisotopic (exact) mass is 635 g/mol. The predicted octanol–water partition coefficient (Wildman–Crippen LogP) is -0.629. The van der Waals surface area contributed by atoms with Gasteiger partial charge < -0.3 is 41.0 Å². The third-order valence-corrected chi connectivity index (χ3v) is 6.23. The Labute approximate surface area is 262 Å². The summed E-state index contributed by atoms with van der Waals surface area (Å²) in [5.74, 6) is -3.96. The van der Waals surface area contributed by atoms with Gasteiger partial charge in [-0.1, -0.05) is 31.2 Å². The van der Waals surface area contributed by atoms with E-state index in [1.54, 1.807) is 12.1 Å². The quantitative estimate of drug-likeness (QED) is 0.0948. The first-order valence-electron chi connectivity index (χ1n) is 15.0. The van der Waals surface area contributed by atoms with Crippen molar-refractivity contribution in [3.05, 3.63) is 42.2 Å². The third kappa shape index (κ3) is 15.1. The molecule has 0 aliphatic rings. The summed E-state index contributed by atoms with van der Waals surface area (Å²) >= 11 is 0. The Balaban J connectivity index is 1.89. The van der Waals surface area contributed by atoms with Gasteiger partial charge in [-0.05, 0) is 30.0 Å². The molecule has 4 amide bonds. The lowest BCUT2D eigenvalue weighted by molar-refractivity contribution is -0.141. The molecule has 16 heteroatoms. The van der Waals surface area contributed by atoms with Gasteiger partial charge in [0.1, 0.15) is 23.9 Å². The lowest BCUT2D eigenvalue weighted by Gasteiger charge is -2.26. The lowest BCUT2D eigenvalue weighted by atomic mass is 10.0. The highest BCUT2D eigenvalue weighted by Crippen LogP contribution is 2.12. The summed E-state index contributed by atoms with van der Waals surface area (Å²) in [5.41, 5.74) is 0.651. The van der Waals surface area contributed by atoms with Gasteiger partial charge in [-0.2, -0.15) is 0 Å². The smallest absolute Gasteiger partial charge is 0.305 e. The fraction of sp³-hybridized carbons (Fsp3) is 0.552.